The smallest absolute Gasteiger partial charge is 0.354 e. The zero-order valence-electron chi connectivity index (χ0n) is 10.8. The molecule has 0 saturated heterocycles. The minimum Gasteiger partial charge on any atom is -0.477 e. The number of hydrogen-bond acceptors (Lipinski definition) is 3. The normalized spacial score (nSPS) is 12.2. The minimum absolute atomic E-state index is 0.0675. The maximum absolute atomic E-state index is 11.8. The molecule has 0 bridgehead atoms. The Hall–Kier alpha value is -1.91. The summed E-state index contributed by atoms with van der Waals surface area (Å²) in [5.41, 5.74) is 0.304. The fraction of sp³-hybridized carbons (Fsp3) is 0.462. The van der Waals surface area contributed by atoms with Gasteiger partial charge in [0.2, 0.25) is 0 Å². The first kappa shape index (κ1) is 14.2. The first-order chi connectivity index (χ1) is 8.41. The summed E-state index contributed by atoms with van der Waals surface area (Å²) in [5.74, 6) is -0.444. The van der Waals surface area contributed by atoms with Crippen LogP contribution in [0.3, 0.4) is 0 Å². The molecule has 1 aromatic rings. The van der Waals surface area contributed by atoms with Gasteiger partial charge < -0.3 is 10.4 Å². The van der Waals surface area contributed by atoms with Gasteiger partial charge in [-0.1, -0.05) is 20.8 Å². The van der Waals surface area contributed by atoms with Crippen molar-refractivity contribution in [3.8, 4) is 0 Å². The van der Waals surface area contributed by atoms with Gasteiger partial charge in [-0.25, -0.2) is 9.78 Å². The third-order valence-corrected chi connectivity index (χ3v) is 2.97. The van der Waals surface area contributed by atoms with Crippen molar-refractivity contribution in [2.75, 3.05) is 6.54 Å². The molecule has 18 heavy (non-hydrogen) atoms. The lowest BCUT2D eigenvalue weighted by Crippen LogP contribution is -2.30. The topological polar surface area (TPSA) is 79.3 Å². The van der Waals surface area contributed by atoms with E-state index in [1.807, 2.05) is 0 Å². The Morgan fingerprint density at radius 3 is 2.44 bits per heavy atom. The van der Waals surface area contributed by atoms with Crippen molar-refractivity contribution in [1.29, 1.82) is 0 Å². The van der Waals surface area contributed by atoms with E-state index in [9.17, 15) is 9.59 Å². The minimum atomic E-state index is -1.10. The van der Waals surface area contributed by atoms with Crippen LogP contribution in [0.2, 0.25) is 0 Å². The van der Waals surface area contributed by atoms with Crippen LogP contribution >= 0.6 is 0 Å². The second-order valence-corrected chi connectivity index (χ2v) is 4.67. The van der Waals surface area contributed by atoms with Crippen LogP contribution < -0.4 is 5.32 Å². The Morgan fingerprint density at radius 2 is 2.00 bits per heavy atom. The van der Waals surface area contributed by atoms with E-state index in [0.717, 1.165) is 0 Å². The van der Waals surface area contributed by atoms with Gasteiger partial charge in [0.05, 0.1) is 5.56 Å². The molecule has 1 rings (SSSR count). The first-order valence-corrected chi connectivity index (χ1v) is 5.89. The second kappa shape index (κ2) is 6.14. The first-order valence-electron chi connectivity index (χ1n) is 5.89. The third kappa shape index (κ3) is 3.84. The predicted molar refractivity (Wildman–Crippen MR) is 67.5 cm³/mol. The van der Waals surface area contributed by atoms with E-state index in [0.29, 0.717) is 23.9 Å². The fourth-order valence-electron chi connectivity index (χ4n) is 1.25. The number of aromatic nitrogens is 1. The summed E-state index contributed by atoms with van der Waals surface area (Å²) in [6.07, 6.45) is 1.28. The van der Waals surface area contributed by atoms with Gasteiger partial charge in [0, 0.05) is 12.7 Å². The van der Waals surface area contributed by atoms with Crippen molar-refractivity contribution >= 4 is 11.9 Å². The second-order valence-electron chi connectivity index (χ2n) is 4.67. The number of nitrogens with zero attached hydrogens (tertiary/aromatic N) is 1. The molecule has 0 aliphatic rings. The van der Waals surface area contributed by atoms with Gasteiger partial charge in [-0.05, 0) is 24.0 Å². The van der Waals surface area contributed by atoms with Crippen LogP contribution in [0.1, 0.15) is 41.6 Å². The zero-order chi connectivity index (χ0) is 13.7. The Morgan fingerprint density at radius 1 is 1.33 bits per heavy atom. The Bertz CT molecular complexity index is 426. The summed E-state index contributed by atoms with van der Waals surface area (Å²) in [7, 11) is 0. The molecular weight excluding hydrogens is 232 g/mol. The Labute approximate surface area is 106 Å². The molecule has 5 nitrogen and oxygen atoms in total. The average Bonchev–Trinajstić information content (AvgIpc) is 2.35. The molecule has 1 heterocycles. The number of pyridine rings is 1. The summed E-state index contributed by atoms with van der Waals surface area (Å²) in [6, 6.07) is 2.79. The summed E-state index contributed by atoms with van der Waals surface area (Å²) >= 11 is 0. The van der Waals surface area contributed by atoms with Crippen LogP contribution in [0.4, 0.5) is 0 Å². The van der Waals surface area contributed by atoms with E-state index in [-0.39, 0.29) is 11.6 Å². The van der Waals surface area contributed by atoms with Crippen LogP contribution in [0, 0.1) is 11.8 Å². The Kier molecular flexibility index (Phi) is 4.83. The molecule has 1 aromatic heterocycles. The van der Waals surface area contributed by atoms with Crippen molar-refractivity contribution in [3.63, 3.8) is 0 Å². The van der Waals surface area contributed by atoms with Gasteiger partial charge in [0.25, 0.3) is 5.91 Å². The summed E-state index contributed by atoms with van der Waals surface area (Å²) in [6.45, 7) is 6.86. The van der Waals surface area contributed by atoms with Gasteiger partial charge in [-0.3, -0.25) is 4.79 Å². The number of aromatic carboxylic acids is 1. The number of carboxylic acid groups (broad SMARTS) is 1. The van der Waals surface area contributed by atoms with E-state index in [2.05, 4.69) is 31.1 Å². The number of nitrogens with one attached hydrogen (secondary N) is 1. The number of carbonyl (C=O) groups is 2. The van der Waals surface area contributed by atoms with Crippen LogP contribution in [0.15, 0.2) is 18.3 Å². The molecule has 2 N–H and O–H groups in total. The largest absolute Gasteiger partial charge is 0.477 e. The predicted octanol–water partition coefficient (Wildman–Crippen LogP) is 1.80. The lowest BCUT2D eigenvalue weighted by molar-refractivity contribution is 0.0689. The number of carboxylic acids is 1. The molecule has 1 unspecified atom stereocenters. The number of hydrogen-bond donors (Lipinski definition) is 2. The van der Waals surface area contributed by atoms with E-state index in [1.54, 1.807) is 0 Å². The fourth-order valence-corrected chi connectivity index (χ4v) is 1.25. The van der Waals surface area contributed by atoms with Crippen molar-refractivity contribution < 1.29 is 14.7 Å². The Balaban J connectivity index is 2.59. The number of rotatable bonds is 5. The van der Waals surface area contributed by atoms with Crippen LogP contribution in [-0.4, -0.2) is 28.5 Å². The van der Waals surface area contributed by atoms with Crippen LogP contribution in [0.25, 0.3) is 0 Å². The van der Waals surface area contributed by atoms with Crippen molar-refractivity contribution in [1.82, 2.24) is 10.3 Å². The van der Waals surface area contributed by atoms with E-state index in [1.165, 1.54) is 18.3 Å². The molecule has 1 atom stereocenters. The molecule has 5 heteroatoms. The molecule has 0 aliphatic heterocycles. The lowest BCUT2D eigenvalue weighted by Gasteiger charge is -2.15. The van der Waals surface area contributed by atoms with Crippen LogP contribution in [0.5, 0.6) is 0 Å². The third-order valence-electron chi connectivity index (χ3n) is 2.97. The van der Waals surface area contributed by atoms with Gasteiger partial charge in [-0.2, -0.15) is 0 Å². The molecule has 1 amide bonds. The molecule has 98 valence electrons. The van der Waals surface area contributed by atoms with Gasteiger partial charge in [0.1, 0.15) is 5.69 Å². The van der Waals surface area contributed by atoms with Crippen molar-refractivity contribution in [2.24, 2.45) is 11.8 Å². The van der Waals surface area contributed by atoms with Crippen molar-refractivity contribution in [3.05, 3.63) is 29.6 Å². The zero-order valence-corrected chi connectivity index (χ0v) is 10.8. The monoisotopic (exact) mass is 250 g/mol. The van der Waals surface area contributed by atoms with E-state index >= 15 is 0 Å². The summed E-state index contributed by atoms with van der Waals surface area (Å²) in [5, 5.41) is 11.5. The highest BCUT2D eigenvalue weighted by molar-refractivity contribution is 5.94. The molecule has 0 aromatic carbocycles. The van der Waals surface area contributed by atoms with E-state index < -0.39 is 5.97 Å². The molecule has 0 saturated carbocycles. The number of carbonyl (C=O) groups excluding carboxylic acids is 1. The lowest BCUT2D eigenvalue weighted by atomic mass is 9.98. The van der Waals surface area contributed by atoms with Gasteiger partial charge in [-0.15, -0.1) is 0 Å². The quantitative estimate of drug-likeness (QED) is 0.835. The maximum atomic E-state index is 11.8. The van der Waals surface area contributed by atoms with Crippen LogP contribution in [-0.2, 0) is 0 Å². The molecule has 0 fully saturated rings. The maximum Gasteiger partial charge on any atom is 0.354 e. The van der Waals surface area contributed by atoms with E-state index in [4.69, 9.17) is 5.11 Å². The summed E-state index contributed by atoms with van der Waals surface area (Å²) < 4.78 is 0. The average molecular weight is 250 g/mol. The standard InChI is InChI=1S/C13H18N2O3/c1-8(2)9(3)6-15-12(16)10-4-5-11(13(17)18)14-7-10/h4-5,7-9H,6H2,1-3H3,(H,15,16)(H,17,18). The summed E-state index contributed by atoms with van der Waals surface area (Å²) in [4.78, 5) is 26.1. The van der Waals surface area contributed by atoms with Gasteiger partial charge >= 0.3 is 5.97 Å². The highest BCUT2D eigenvalue weighted by Gasteiger charge is 2.11. The van der Waals surface area contributed by atoms with Crippen molar-refractivity contribution in [2.45, 2.75) is 20.8 Å². The highest BCUT2D eigenvalue weighted by atomic mass is 16.4. The molecule has 0 radical (unpaired) electrons. The van der Waals surface area contributed by atoms with Gasteiger partial charge in [0.15, 0.2) is 0 Å². The highest BCUT2D eigenvalue weighted by Crippen LogP contribution is 2.08. The number of amides is 1. The molecular formula is C13H18N2O3. The SMILES string of the molecule is CC(C)C(C)CNC(=O)c1ccc(C(=O)O)nc1. The molecule has 0 spiro atoms. The molecule has 0 aliphatic carbocycles.